The van der Waals surface area contributed by atoms with Crippen LogP contribution in [0, 0.1) is 0 Å². The average Bonchev–Trinajstić information content (AvgIpc) is 2.59. The Labute approximate surface area is 149 Å². The van der Waals surface area contributed by atoms with Crippen LogP contribution in [0.25, 0.3) is 6.08 Å². The van der Waals surface area contributed by atoms with E-state index < -0.39 is 21.9 Å². The van der Waals surface area contributed by atoms with Gasteiger partial charge < -0.3 is 24.9 Å². The van der Waals surface area contributed by atoms with Crippen LogP contribution in [0.15, 0.2) is 69.4 Å². The minimum atomic E-state index is -4.21. The second-order valence-corrected chi connectivity index (χ2v) is 6.54. The van der Waals surface area contributed by atoms with E-state index in [2.05, 4.69) is 4.40 Å². The van der Waals surface area contributed by atoms with Gasteiger partial charge in [0.05, 0.1) is 18.8 Å². The summed E-state index contributed by atoms with van der Waals surface area (Å²) in [5.74, 6) is -2.80. The molecule has 1 aliphatic carbocycles. The zero-order chi connectivity index (χ0) is 19.3. The number of rotatable bonds is 5. The minimum absolute atomic E-state index is 0.00716. The lowest BCUT2D eigenvalue weighted by molar-refractivity contribution is -0.514. The molecule has 0 N–H and O–H groups in total. The maximum atomic E-state index is 12.6. The number of benzene rings is 1. The van der Waals surface area contributed by atoms with Gasteiger partial charge in [0.25, 0.3) is 10.0 Å². The Kier molecular flexibility index (Phi) is 5.63. The number of carbonyl (C=O) groups excluding carboxylic acids is 1. The highest BCUT2D eigenvalue weighted by Crippen LogP contribution is 2.27. The average molecular weight is 374 g/mol. The lowest BCUT2D eigenvalue weighted by atomic mass is 10.1. The van der Waals surface area contributed by atoms with Crippen LogP contribution in [0.3, 0.4) is 0 Å². The van der Waals surface area contributed by atoms with Gasteiger partial charge in [0.2, 0.25) is 0 Å². The Bertz CT molecular complexity index is 960. The molecule has 1 aliphatic rings. The van der Waals surface area contributed by atoms with Gasteiger partial charge >= 0.3 is 0 Å². The highest BCUT2D eigenvalue weighted by atomic mass is 32.2. The molecule has 2 rings (SSSR count). The molecular formula is C17H12NO7S-3. The number of aliphatic carboxylic acids is 1. The van der Waals surface area contributed by atoms with E-state index in [-0.39, 0.29) is 27.5 Å². The summed E-state index contributed by atoms with van der Waals surface area (Å²) in [6.45, 7) is 0. The van der Waals surface area contributed by atoms with Crippen molar-refractivity contribution in [2.45, 2.75) is 4.90 Å². The molecule has 26 heavy (non-hydrogen) atoms. The molecule has 0 spiro atoms. The number of allylic oxidation sites excluding steroid dienone is 5. The molecule has 0 fully saturated rings. The van der Waals surface area contributed by atoms with Crippen molar-refractivity contribution in [2.24, 2.45) is 4.40 Å². The molecule has 0 saturated carbocycles. The number of carboxylic acids is 1. The number of ether oxygens (including phenoxy) is 1. The van der Waals surface area contributed by atoms with Crippen LogP contribution in [0.1, 0.15) is 5.56 Å². The predicted octanol–water partition coefficient (Wildman–Crippen LogP) is -1.35. The molecule has 0 aliphatic heterocycles. The first-order valence-electron chi connectivity index (χ1n) is 7.09. The standard InChI is InChI=1S/C17H15NO7S/c1-25-14-8-2-11(3-9-16(19)20)10-15(14)26(23,24)18-13-6-4-12(5-7-13)17(21)22/h2-10,21-22H,1H3,(H,19,20)/p-3. The fraction of sp³-hybridized carbons (Fsp3) is 0.0588. The molecular weight excluding hydrogens is 362 g/mol. The summed E-state index contributed by atoms with van der Waals surface area (Å²) in [4.78, 5) is 10.2. The third-order valence-corrected chi connectivity index (χ3v) is 4.53. The summed E-state index contributed by atoms with van der Waals surface area (Å²) in [7, 11) is -2.93. The van der Waals surface area contributed by atoms with Crippen molar-refractivity contribution >= 4 is 27.8 Å². The van der Waals surface area contributed by atoms with Gasteiger partial charge in [-0.05, 0) is 41.5 Å². The SMILES string of the molecule is COc1ccc(C=CC(=O)[O-])cc1S(=O)(=O)N=C1C=CC(=C([O-])[O-])C=C1. The first kappa shape index (κ1) is 19.0. The van der Waals surface area contributed by atoms with Crippen LogP contribution in [0.2, 0.25) is 0 Å². The Morgan fingerprint density at radius 1 is 1.12 bits per heavy atom. The molecule has 9 heteroatoms. The molecule has 8 nitrogen and oxygen atoms in total. The number of nitrogens with zero attached hydrogens (tertiary/aromatic N) is 1. The Morgan fingerprint density at radius 2 is 1.77 bits per heavy atom. The first-order valence-corrected chi connectivity index (χ1v) is 8.53. The minimum Gasteiger partial charge on any atom is -0.884 e. The number of sulfonamides is 1. The molecule has 0 heterocycles. The van der Waals surface area contributed by atoms with E-state index in [4.69, 9.17) is 4.74 Å². The van der Waals surface area contributed by atoms with Gasteiger partial charge in [-0.2, -0.15) is 18.8 Å². The van der Waals surface area contributed by atoms with Gasteiger partial charge in [-0.15, -0.1) is 0 Å². The molecule has 1 aromatic rings. The summed E-state index contributed by atoms with van der Waals surface area (Å²) >= 11 is 0. The second kappa shape index (κ2) is 7.70. The third-order valence-electron chi connectivity index (χ3n) is 3.21. The van der Waals surface area contributed by atoms with Gasteiger partial charge in [-0.25, -0.2) is 0 Å². The predicted molar refractivity (Wildman–Crippen MR) is 87.0 cm³/mol. The monoisotopic (exact) mass is 374 g/mol. The largest absolute Gasteiger partial charge is 0.884 e. The maximum Gasteiger partial charge on any atom is 0.286 e. The number of hydrogen-bond donors (Lipinski definition) is 0. The van der Waals surface area contributed by atoms with E-state index >= 15 is 0 Å². The molecule has 0 radical (unpaired) electrons. The van der Waals surface area contributed by atoms with Crippen LogP contribution >= 0.6 is 0 Å². The van der Waals surface area contributed by atoms with Crippen LogP contribution in [0.4, 0.5) is 0 Å². The van der Waals surface area contributed by atoms with Crippen molar-refractivity contribution in [3.05, 3.63) is 65.7 Å². The lowest BCUT2D eigenvalue weighted by Gasteiger charge is -2.21. The summed E-state index contributed by atoms with van der Waals surface area (Å²) in [6, 6.07) is 4.02. The summed E-state index contributed by atoms with van der Waals surface area (Å²) in [6.07, 6.45) is 6.69. The topological polar surface area (TPSA) is 142 Å². The number of carboxylic acid groups (broad SMARTS) is 1. The fourth-order valence-corrected chi connectivity index (χ4v) is 3.20. The normalized spacial score (nSPS) is 13.9. The second-order valence-electron chi connectivity index (χ2n) is 4.96. The van der Waals surface area contributed by atoms with Crippen LogP contribution in [-0.2, 0) is 14.8 Å². The van der Waals surface area contributed by atoms with Crippen LogP contribution < -0.4 is 20.1 Å². The highest BCUT2D eigenvalue weighted by Gasteiger charge is 2.19. The van der Waals surface area contributed by atoms with Crippen LogP contribution in [-0.4, -0.2) is 27.2 Å². The Balaban J connectivity index is 2.46. The fourth-order valence-electron chi connectivity index (χ4n) is 2.01. The van der Waals surface area contributed by atoms with E-state index in [0.717, 1.165) is 6.08 Å². The summed E-state index contributed by atoms with van der Waals surface area (Å²) < 4.78 is 33.8. The molecule has 0 amide bonds. The van der Waals surface area contributed by atoms with E-state index in [1.807, 2.05) is 0 Å². The first-order chi connectivity index (χ1) is 12.2. The smallest absolute Gasteiger partial charge is 0.286 e. The molecule has 1 aromatic carbocycles. The third kappa shape index (κ3) is 4.61. The van der Waals surface area contributed by atoms with Crippen molar-refractivity contribution in [3.63, 3.8) is 0 Å². The Hall–Kier alpha value is -3.33. The lowest BCUT2D eigenvalue weighted by Crippen LogP contribution is -2.20. The quantitative estimate of drug-likeness (QED) is 0.458. The number of carbonyl (C=O) groups is 1. The van der Waals surface area contributed by atoms with Crippen molar-refractivity contribution in [1.82, 2.24) is 0 Å². The van der Waals surface area contributed by atoms with Crippen molar-refractivity contribution in [3.8, 4) is 5.75 Å². The number of methoxy groups -OCH3 is 1. The van der Waals surface area contributed by atoms with Gasteiger partial charge in [0, 0.05) is 0 Å². The molecule has 0 bridgehead atoms. The molecule has 0 atom stereocenters. The van der Waals surface area contributed by atoms with Crippen molar-refractivity contribution in [1.29, 1.82) is 0 Å². The van der Waals surface area contributed by atoms with E-state index in [9.17, 15) is 28.5 Å². The summed E-state index contributed by atoms with van der Waals surface area (Å²) in [5, 5.41) is 31.9. The van der Waals surface area contributed by atoms with Crippen LogP contribution in [0.5, 0.6) is 5.75 Å². The zero-order valence-electron chi connectivity index (χ0n) is 13.4. The van der Waals surface area contributed by atoms with Crippen molar-refractivity contribution in [2.75, 3.05) is 7.11 Å². The zero-order valence-corrected chi connectivity index (χ0v) is 14.2. The van der Waals surface area contributed by atoms with Gasteiger partial charge in [0.1, 0.15) is 10.6 Å². The van der Waals surface area contributed by atoms with E-state index in [1.54, 1.807) is 0 Å². The van der Waals surface area contributed by atoms with Crippen molar-refractivity contribution < 1.29 is 33.3 Å². The Morgan fingerprint density at radius 3 is 2.31 bits per heavy atom. The summed E-state index contributed by atoms with van der Waals surface area (Å²) in [5.41, 5.74) is 0.178. The van der Waals surface area contributed by atoms with Gasteiger partial charge in [-0.3, -0.25) is 0 Å². The van der Waals surface area contributed by atoms with E-state index in [0.29, 0.717) is 0 Å². The molecule has 0 aromatic heterocycles. The van der Waals surface area contributed by atoms with Gasteiger partial charge in [0.15, 0.2) is 0 Å². The molecule has 136 valence electrons. The molecule has 0 saturated heterocycles. The number of hydrogen-bond acceptors (Lipinski definition) is 7. The molecule has 0 unspecified atom stereocenters. The maximum absolute atomic E-state index is 12.6. The van der Waals surface area contributed by atoms with Gasteiger partial charge in [-0.1, -0.05) is 24.3 Å². The highest BCUT2D eigenvalue weighted by molar-refractivity contribution is 7.90. The van der Waals surface area contributed by atoms with E-state index in [1.165, 1.54) is 55.7 Å².